The predicted octanol–water partition coefficient (Wildman–Crippen LogP) is 3.14. The lowest BCUT2D eigenvalue weighted by molar-refractivity contribution is 0.286. The smallest absolute Gasteiger partial charge is 0.236 e. The van der Waals surface area contributed by atoms with Crippen molar-refractivity contribution in [1.29, 1.82) is 0 Å². The van der Waals surface area contributed by atoms with Gasteiger partial charge in [-0.2, -0.15) is 0 Å². The second kappa shape index (κ2) is 6.37. The minimum absolute atomic E-state index is 0.477. The van der Waals surface area contributed by atoms with Crippen molar-refractivity contribution in [3.63, 3.8) is 0 Å². The maximum Gasteiger partial charge on any atom is 0.236 e. The van der Waals surface area contributed by atoms with Gasteiger partial charge in [0.15, 0.2) is 0 Å². The van der Waals surface area contributed by atoms with E-state index in [9.17, 15) is 0 Å². The second-order valence-corrected chi connectivity index (χ2v) is 5.32. The zero-order chi connectivity index (χ0) is 14.5. The summed E-state index contributed by atoms with van der Waals surface area (Å²) in [6.07, 6.45) is 0.807. The van der Waals surface area contributed by atoms with Crippen LogP contribution in [0.15, 0.2) is 30.3 Å². The first-order valence-electron chi connectivity index (χ1n) is 6.86. The average Bonchev–Trinajstić information content (AvgIpc) is 2.42. The Kier molecular flexibility index (Phi) is 4.56. The molecule has 0 radical (unpaired) electrons. The SMILES string of the molecule is Cc1nc(OCc2ccccc2)c(CC(C)C)nc1N. The zero-order valence-corrected chi connectivity index (χ0v) is 12.3. The van der Waals surface area contributed by atoms with Gasteiger partial charge in [-0.25, -0.2) is 9.97 Å². The van der Waals surface area contributed by atoms with Crippen LogP contribution in [0.2, 0.25) is 0 Å². The molecule has 0 atom stereocenters. The minimum atomic E-state index is 0.477. The van der Waals surface area contributed by atoms with E-state index in [1.807, 2.05) is 37.3 Å². The van der Waals surface area contributed by atoms with Crippen LogP contribution in [0.1, 0.15) is 30.8 Å². The van der Waals surface area contributed by atoms with Crippen molar-refractivity contribution < 1.29 is 4.74 Å². The number of anilines is 1. The van der Waals surface area contributed by atoms with Crippen LogP contribution < -0.4 is 10.5 Å². The number of hydrogen-bond donors (Lipinski definition) is 1. The summed E-state index contributed by atoms with van der Waals surface area (Å²) in [6, 6.07) is 10.0. The van der Waals surface area contributed by atoms with Gasteiger partial charge in [-0.05, 0) is 24.8 Å². The maximum atomic E-state index is 5.84. The predicted molar refractivity (Wildman–Crippen MR) is 80.5 cm³/mol. The van der Waals surface area contributed by atoms with Gasteiger partial charge in [-0.1, -0.05) is 44.2 Å². The monoisotopic (exact) mass is 271 g/mol. The number of benzene rings is 1. The molecule has 0 unspecified atom stereocenters. The van der Waals surface area contributed by atoms with Gasteiger partial charge in [0.2, 0.25) is 5.88 Å². The maximum absolute atomic E-state index is 5.84. The number of ether oxygens (including phenoxy) is 1. The Morgan fingerprint density at radius 2 is 1.85 bits per heavy atom. The van der Waals surface area contributed by atoms with E-state index < -0.39 is 0 Å². The molecular formula is C16H21N3O. The average molecular weight is 271 g/mol. The first-order chi connectivity index (χ1) is 9.56. The van der Waals surface area contributed by atoms with Gasteiger partial charge in [-0.3, -0.25) is 0 Å². The molecule has 20 heavy (non-hydrogen) atoms. The molecule has 0 saturated carbocycles. The molecule has 4 nitrogen and oxygen atoms in total. The molecular weight excluding hydrogens is 250 g/mol. The molecule has 106 valence electrons. The van der Waals surface area contributed by atoms with Crippen LogP contribution >= 0.6 is 0 Å². The third kappa shape index (κ3) is 3.70. The van der Waals surface area contributed by atoms with Crippen LogP contribution in [-0.4, -0.2) is 9.97 Å². The summed E-state index contributed by atoms with van der Waals surface area (Å²) in [5.74, 6) is 1.55. The molecule has 0 spiro atoms. The van der Waals surface area contributed by atoms with Gasteiger partial charge >= 0.3 is 0 Å². The molecule has 4 heteroatoms. The fourth-order valence-corrected chi connectivity index (χ4v) is 1.91. The fourth-order valence-electron chi connectivity index (χ4n) is 1.91. The van der Waals surface area contributed by atoms with Crippen LogP contribution in [0.5, 0.6) is 5.88 Å². The van der Waals surface area contributed by atoms with E-state index in [4.69, 9.17) is 10.5 Å². The van der Waals surface area contributed by atoms with Crippen LogP contribution in [0, 0.1) is 12.8 Å². The number of hydrogen-bond acceptors (Lipinski definition) is 4. The quantitative estimate of drug-likeness (QED) is 0.907. The second-order valence-electron chi connectivity index (χ2n) is 5.32. The minimum Gasteiger partial charge on any atom is -0.471 e. The van der Waals surface area contributed by atoms with Crippen LogP contribution in [0.25, 0.3) is 0 Å². The summed E-state index contributed by atoms with van der Waals surface area (Å²) in [5, 5.41) is 0. The Labute approximate surface area is 120 Å². The highest BCUT2D eigenvalue weighted by molar-refractivity contribution is 5.38. The van der Waals surface area contributed by atoms with E-state index in [1.54, 1.807) is 0 Å². The normalized spacial score (nSPS) is 10.8. The molecule has 2 rings (SSSR count). The van der Waals surface area contributed by atoms with Crippen molar-refractivity contribution in [3.05, 3.63) is 47.3 Å². The molecule has 0 bridgehead atoms. The standard InChI is InChI=1S/C16H21N3O/c1-11(2)9-14-16(18-12(3)15(17)19-14)20-10-13-7-5-4-6-8-13/h4-8,11H,9-10H2,1-3H3,(H2,17,19). The Bertz CT molecular complexity index is 567. The van der Waals surface area contributed by atoms with Crippen molar-refractivity contribution in [3.8, 4) is 5.88 Å². The zero-order valence-electron chi connectivity index (χ0n) is 12.3. The van der Waals surface area contributed by atoms with E-state index in [0.717, 1.165) is 17.7 Å². The van der Waals surface area contributed by atoms with E-state index >= 15 is 0 Å². The molecule has 0 saturated heterocycles. The molecule has 0 aliphatic rings. The molecule has 2 N–H and O–H groups in total. The van der Waals surface area contributed by atoms with Crippen molar-refractivity contribution in [2.24, 2.45) is 5.92 Å². The molecule has 1 heterocycles. The lowest BCUT2D eigenvalue weighted by atomic mass is 10.1. The van der Waals surface area contributed by atoms with Gasteiger partial charge in [-0.15, -0.1) is 0 Å². The molecule has 2 aromatic rings. The third-order valence-electron chi connectivity index (χ3n) is 2.96. The Morgan fingerprint density at radius 3 is 2.50 bits per heavy atom. The molecule has 1 aromatic heterocycles. The van der Waals surface area contributed by atoms with Crippen LogP contribution in [-0.2, 0) is 13.0 Å². The Balaban J connectivity index is 2.19. The molecule has 0 amide bonds. The van der Waals surface area contributed by atoms with Crippen LogP contribution in [0.3, 0.4) is 0 Å². The number of nitrogen functional groups attached to an aromatic ring is 1. The summed E-state index contributed by atoms with van der Waals surface area (Å²) in [6.45, 7) is 6.61. The summed E-state index contributed by atoms with van der Waals surface area (Å²) >= 11 is 0. The van der Waals surface area contributed by atoms with E-state index in [0.29, 0.717) is 29.9 Å². The number of nitrogens with zero attached hydrogens (tertiary/aromatic N) is 2. The number of nitrogens with two attached hydrogens (primary N) is 1. The summed E-state index contributed by atoms with van der Waals surface area (Å²) in [5.41, 5.74) is 8.50. The lowest BCUT2D eigenvalue weighted by Crippen LogP contribution is -2.09. The van der Waals surface area contributed by atoms with Crippen molar-refractivity contribution in [2.45, 2.75) is 33.8 Å². The molecule has 0 aliphatic carbocycles. The topological polar surface area (TPSA) is 61.0 Å². The summed E-state index contributed by atoms with van der Waals surface area (Å²) in [7, 11) is 0. The number of rotatable bonds is 5. The highest BCUT2D eigenvalue weighted by atomic mass is 16.5. The lowest BCUT2D eigenvalue weighted by Gasteiger charge is -2.13. The fraction of sp³-hybridized carbons (Fsp3) is 0.375. The first kappa shape index (κ1) is 14.3. The van der Waals surface area contributed by atoms with Gasteiger partial charge < -0.3 is 10.5 Å². The summed E-state index contributed by atoms with van der Waals surface area (Å²) in [4.78, 5) is 8.85. The van der Waals surface area contributed by atoms with Crippen molar-refractivity contribution >= 4 is 5.82 Å². The van der Waals surface area contributed by atoms with Crippen molar-refractivity contribution in [2.75, 3.05) is 5.73 Å². The Hall–Kier alpha value is -2.10. The van der Waals surface area contributed by atoms with Gasteiger partial charge in [0.1, 0.15) is 18.1 Å². The van der Waals surface area contributed by atoms with Gasteiger partial charge in [0.25, 0.3) is 0 Å². The molecule has 0 fully saturated rings. The van der Waals surface area contributed by atoms with E-state index in [1.165, 1.54) is 0 Å². The van der Waals surface area contributed by atoms with E-state index in [-0.39, 0.29) is 0 Å². The highest BCUT2D eigenvalue weighted by Gasteiger charge is 2.12. The molecule has 0 aliphatic heterocycles. The van der Waals surface area contributed by atoms with Gasteiger partial charge in [0.05, 0.1) is 5.69 Å². The van der Waals surface area contributed by atoms with Gasteiger partial charge in [0, 0.05) is 0 Å². The van der Waals surface area contributed by atoms with E-state index in [2.05, 4.69) is 23.8 Å². The highest BCUT2D eigenvalue weighted by Crippen LogP contribution is 2.21. The molecule has 1 aromatic carbocycles. The summed E-state index contributed by atoms with van der Waals surface area (Å²) < 4.78 is 5.83. The largest absolute Gasteiger partial charge is 0.471 e. The first-order valence-corrected chi connectivity index (χ1v) is 6.86. The van der Waals surface area contributed by atoms with Crippen molar-refractivity contribution in [1.82, 2.24) is 9.97 Å². The van der Waals surface area contributed by atoms with Crippen LogP contribution in [0.4, 0.5) is 5.82 Å². The Morgan fingerprint density at radius 1 is 1.15 bits per heavy atom. The number of aryl methyl sites for hydroxylation is 1. The third-order valence-corrected chi connectivity index (χ3v) is 2.96. The number of aromatic nitrogens is 2.